The highest BCUT2D eigenvalue weighted by atomic mass is 16.5. The molecular weight excluding hydrogens is 346 g/mol. The Hall–Kier alpha value is -3.06. The van der Waals surface area contributed by atoms with Crippen molar-refractivity contribution in [1.82, 2.24) is 9.80 Å². The molecule has 2 fully saturated rings. The van der Waals surface area contributed by atoms with Gasteiger partial charge in [-0.2, -0.15) is 5.26 Å². The van der Waals surface area contributed by atoms with E-state index >= 15 is 0 Å². The zero-order valence-corrected chi connectivity index (χ0v) is 16.0. The lowest BCUT2D eigenvalue weighted by atomic mass is 10.1. The number of allylic oxidation sites excluding steroid dienone is 4. The summed E-state index contributed by atoms with van der Waals surface area (Å²) in [5.41, 5.74) is 1.13. The van der Waals surface area contributed by atoms with E-state index in [4.69, 9.17) is 11.2 Å². The lowest BCUT2D eigenvalue weighted by Crippen LogP contribution is -2.36. The zero-order chi connectivity index (χ0) is 20.4. The first-order valence-electron chi connectivity index (χ1n) is 8.59. The van der Waals surface area contributed by atoms with Gasteiger partial charge in [-0.3, -0.25) is 9.59 Å². The number of urea groups is 1. The van der Waals surface area contributed by atoms with Crippen molar-refractivity contribution in [1.29, 1.82) is 5.26 Å². The molecular formula is C20H23N3O4. The van der Waals surface area contributed by atoms with Crippen molar-refractivity contribution in [3.05, 3.63) is 23.3 Å². The molecule has 0 bridgehead atoms. The second kappa shape index (κ2) is 7.67. The third kappa shape index (κ3) is 4.20. The van der Waals surface area contributed by atoms with Crippen LogP contribution in [0.2, 0.25) is 0 Å². The first-order chi connectivity index (χ1) is 12.6. The maximum Gasteiger partial charge on any atom is 0.330 e. The highest BCUT2D eigenvalue weighted by Crippen LogP contribution is 2.59. The van der Waals surface area contributed by atoms with Crippen LogP contribution in [-0.2, 0) is 14.3 Å². The van der Waals surface area contributed by atoms with Crippen LogP contribution in [0.25, 0.3) is 0 Å². The first kappa shape index (κ1) is 20.3. The molecule has 27 heavy (non-hydrogen) atoms. The number of amides is 3. The van der Waals surface area contributed by atoms with E-state index in [0.717, 1.165) is 10.5 Å². The summed E-state index contributed by atoms with van der Waals surface area (Å²) in [6.07, 6.45) is 8.71. The molecule has 0 radical (unpaired) electrons. The molecule has 0 unspecified atom stereocenters. The maximum absolute atomic E-state index is 12.5. The number of hydrogen-bond acceptors (Lipinski definition) is 5. The van der Waals surface area contributed by atoms with E-state index in [1.807, 2.05) is 27.7 Å². The summed E-state index contributed by atoms with van der Waals surface area (Å²) >= 11 is 0. The zero-order valence-electron chi connectivity index (χ0n) is 16.0. The Bertz CT molecular complexity index is 806. The number of terminal acetylenes is 1. The van der Waals surface area contributed by atoms with Crippen molar-refractivity contribution in [3.63, 3.8) is 0 Å². The predicted octanol–water partition coefficient (Wildman–Crippen LogP) is 2.07. The van der Waals surface area contributed by atoms with Crippen molar-refractivity contribution in [3.8, 4) is 18.4 Å². The van der Waals surface area contributed by atoms with Crippen LogP contribution >= 0.6 is 0 Å². The fourth-order valence-electron chi connectivity index (χ4n) is 3.23. The van der Waals surface area contributed by atoms with Crippen LogP contribution in [0, 0.1) is 40.9 Å². The van der Waals surface area contributed by atoms with Gasteiger partial charge in [0.05, 0.1) is 18.5 Å². The minimum atomic E-state index is -0.562. The fourth-order valence-corrected chi connectivity index (χ4v) is 3.23. The smallest absolute Gasteiger partial charge is 0.330 e. The van der Waals surface area contributed by atoms with Crippen molar-refractivity contribution in [2.75, 3.05) is 19.8 Å². The molecule has 2 atom stereocenters. The molecule has 1 aliphatic heterocycles. The standard InChI is InChI=1S/C20H23N3O4/c1-6-7-22-11-16(24)23(19(22)26)12-27-18(25)17-15(20(17,4)5)9-14(10-21)8-13(2)3/h1,8-9,15,17H,7,11-12H2,2-5H3/b14-9-/t15-,17+/m1/s1. The average molecular weight is 369 g/mol. The quantitative estimate of drug-likeness (QED) is 0.235. The largest absolute Gasteiger partial charge is 0.443 e. The summed E-state index contributed by atoms with van der Waals surface area (Å²) in [6, 6.07) is 1.56. The van der Waals surface area contributed by atoms with Gasteiger partial charge in [-0.05, 0) is 31.3 Å². The highest BCUT2D eigenvalue weighted by molar-refractivity contribution is 6.02. The molecule has 0 aromatic heterocycles. The van der Waals surface area contributed by atoms with Gasteiger partial charge in [-0.1, -0.05) is 31.4 Å². The van der Waals surface area contributed by atoms with E-state index < -0.39 is 30.6 Å². The number of imide groups is 1. The Morgan fingerprint density at radius 3 is 2.63 bits per heavy atom. The van der Waals surface area contributed by atoms with Gasteiger partial charge in [0.1, 0.15) is 6.54 Å². The molecule has 1 saturated heterocycles. The van der Waals surface area contributed by atoms with Gasteiger partial charge in [0, 0.05) is 5.57 Å². The van der Waals surface area contributed by atoms with Gasteiger partial charge in [-0.15, -0.1) is 6.42 Å². The van der Waals surface area contributed by atoms with Crippen LogP contribution < -0.4 is 0 Å². The maximum atomic E-state index is 12.5. The molecule has 142 valence electrons. The van der Waals surface area contributed by atoms with E-state index in [-0.39, 0.29) is 24.4 Å². The Labute approximate surface area is 159 Å². The number of nitrogens with zero attached hydrogens (tertiary/aromatic N) is 3. The molecule has 1 saturated carbocycles. The molecule has 0 aromatic rings. The number of rotatable bonds is 6. The van der Waals surface area contributed by atoms with E-state index in [2.05, 4.69) is 12.0 Å². The molecule has 1 aliphatic carbocycles. The van der Waals surface area contributed by atoms with Crippen molar-refractivity contribution in [2.24, 2.45) is 17.3 Å². The molecule has 0 spiro atoms. The number of carbonyl (C=O) groups excluding carboxylic acids is 3. The third-order valence-corrected chi connectivity index (χ3v) is 4.84. The van der Waals surface area contributed by atoms with Crippen molar-refractivity contribution >= 4 is 17.9 Å². The summed E-state index contributed by atoms with van der Waals surface area (Å²) in [5, 5.41) is 9.24. The lowest BCUT2D eigenvalue weighted by Gasteiger charge is -2.15. The SMILES string of the molecule is C#CCN1CC(=O)N(COC(=O)[C@@H]2[C@@H](/C=C(\C#N)C=C(C)C)C2(C)C)C1=O. The van der Waals surface area contributed by atoms with Crippen molar-refractivity contribution < 1.29 is 19.1 Å². The van der Waals surface area contributed by atoms with Crippen LogP contribution in [0.1, 0.15) is 27.7 Å². The fraction of sp³-hybridized carbons (Fsp3) is 0.500. The Kier molecular flexibility index (Phi) is 5.75. The van der Waals surface area contributed by atoms with E-state index in [0.29, 0.717) is 5.57 Å². The van der Waals surface area contributed by atoms with Gasteiger partial charge < -0.3 is 9.64 Å². The molecule has 1 heterocycles. The summed E-state index contributed by atoms with van der Waals surface area (Å²) < 4.78 is 5.22. The lowest BCUT2D eigenvalue weighted by molar-refractivity contribution is -0.151. The van der Waals surface area contributed by atoms with Gasteiger partial charge in [-0.25, -0.2) is 9.69 Å². The molecule has 0 N–H and O–H groups in total. The number of esters is 1. The molecule has 7 heteroatoms. The number of hydrogen-bond donors (Lipinski definition) is 0. The van der Waals surface area contributed by atoms with Crippen LogP contribution in [0.15, 0.2) is 23.3 Å². The van der Waals surface area contributed by atoms with Gasteiger partial charge in [0.25, 0.3) is 5.91 Å². The normalized spacial score (nSPS) is 23.6. The molecule has 2 aliphatic rings. The van der Waals surface area contributed by atoms with Crippen molar-refractivity contribution in [2.45, 2.75) is 27.7 Å². The number of ether oxygens (including phenoxy) is 1. The average Bonchev–Trinajstić information content (AvgIpc) is 3.01. The topological polar surface area (TPSA) is 90.7 Å². The van der Waals surface area contributed by atoms with E-state index in [9.17, 15) is 19.6 Å². The minimum absolute atomic E-state index is 0.0266. The summed E-state index contributed by atoms with van der Waals surface area (Å²) in [5.74, 6) is 0.791. The monoisotopic (exact) mass is 369 g/mol. The third-order valence-electron chi connectivity index (χ3n) is 4.84. The molecule has 3 amide bonds. The Morgan fingerprint density at radius 2 is 2.07 bits per heavy atom. The van der Waals surface area contributed by atoms with Crippen LogP contribution in [0.5, 0.6) is 0 Å². The Morgan fingerprint density at radius 1 is 1.41 bits per heavy atom. The van der Waals surface area contributed by atoms with Crippen LogP contribution in [0.4, 0.5) is 4.79 Å². The second-order valence-corrected chi connectivity index (χ2v) is 7.54. The van der Waals surface area contributed by atoms with Gasteiger partial charge >= 0.3 is 12.0 Å². The van der Waals surface area contributed by atoms with Gasteiger partial charge in [0.15, 0.2) is 6.73 Å². The summed E-state index contributed by atoms with van der Waals surface area (Å²) in [6.45, 7) is 7.09. The van der Waals surface area contributed by atoms with Crippen LogP contribution in [0.3, 0.4) is 0 Å². The van der Waals surface area contributed by atoms with Crippen LogP contribution in [-0.4, -0.2) is 47.5 Å². The summed E-state index contributed by atoms with van der Waals surface area (Å²) in [4.78, 5) is 38.5. The van der Waals surface area contributed by atoms with E-state index in [1.54, 1.807) is 12.2 Å². The molecule has 0 aromatic carbocycles. The molecule has 7 nitrogen and oxygen atoms in total. The summed E-state index contributed by atoms with van der Waals surface area (Å²) in [7, 11) is 0. The minimum Gasteiger partial charge on any atom is -0.443 e. The highest BCUT2D eigenvalue weighted by Gasteiger charge is 2.61. The Balaban J connectivity index is 2.01. The van der Waals surface area contributed by atoms with E-state index in [1.165, 1.54) is 4.90 Å². The number of carbonyl (C=O) groups is 3. The first-order valence-corrected chi connectivity index (χ1v) is 8.59. The number of nitriles is 1. The predicted molar refractivity (Wildman–Crippen MR) is 97.5 cm³/mol. The van der Waals surface area contributed by atoms with Gasteiger partial charge in [0.2, 0.25) is 0 Å². The second-order valence-electron chi connectivity index (χ2n) is 7.54. The molecule has 2 rings (SSSR count).